The minimum absolute atomic E-state index is 0.207. The van der Waals surface area contributed by atoms with Crippen molar-refractivity contribution in [2.45, 2.75) is 19.8 Å². The van der Waals surface area contributed by atoms with E-state index in [1.807, 2.05) is 48.5 Å². The molecule has 0 bridgehead atoms. The van der Waals surface area contributed by atoms with Gasteiger partial charge in [-0.25, -0.2) is 0 Å². The Morgan fingerprint density at radius 1 is 1.07 bits per heavy atom. The molecule has 0 radical (unpaired) electrons. The topological polar surface area (TPSA) is 67.4 Å². The highest BCUT2D eigenvalue weighted by molar-refractivity contribution is 7.21. The molecule has 3 rings (SSSR count). The van der Waals surface area contributed by atoms with Crippen LogP contribution in [0.25, 0.3) is 10.1 Å². The van der Waals surface area contributed by atoms with Crippen molar-refractivity contribution < 1.29 is 14.3 Å². The van der Waals surface area contributed by atoms with Gasteiger partial charge in [0.15, 0.2) is 6.61 Å². The van der Waals surface area contributed by atoms with Gasteiger partial charge in [-0.05, 0) is 29.7 Å². The summed E-state index contributed by atoms with van der Waals surface area (Å²) >= 11 is 7.53. The number of hydrogen-bond donors (Lipinski definition) is 2. The normalized spacial score (nSPS) is 10.8. The zero-order valence-electron chi connectivity index (χ0n) is 14.9. The molecule has 27 heavy (non-hydrogen) atoms. The second kappa shape index (κ2) is 8.41. The molecule has 0 saturated carbocycles. The van der Waals surface area contributed by atoms with Crippen LogP contribution in [0, 0.1) is 0 Å². The lowest BCUT2D eigenvalue weighted by molar-refractivity contribution is -0.123. The standard InChI is InChI=1S/C20H19ClN2O3S/c1-12(2)13-7-9-14(10-8-13)26-11-17(24)22-23-20(25)19-18(21)15-5-3-4-6-16(15)27-19/h3-10,12H,11H2,1-2H3,(H,22,24)(H,23,25). The number of thiophene rings is 1. The molecule has 0 spiro atoms. The minimum atomic E-state index is -0.464. The van der Waals surface area contributed by atoms with Crippen molar-refractivity contribution in [2.75, 3.05) is 6.61 Å². The van der Waals surface area contributed by atoms with Gasteiger partial charge in [0.25, 0.3) is 11.8 Å². The van der Waals surface area contributed by atoms with Crippen LogP contribution in [0.3, 0.4) is 0 Å². The molecule has 2 amide bonds. The number of nitrogens with one attached hydrogen (secondary N) is 2. The van der Waals surface area contributed by atoms with Crippen molar-refractivity contribution in [2.24, 2.45) is 0 Å². The highest BCUT2D eigenvalue weighted by Crippen LogP contribution is 2.34. The molecule has 2 N–H and O–H groups in total. The van der Waals surface area contributed by atoms with Crippen LogP contribution in [0.4, 0.5) is 0 Å². The van der Waals surface area contributed by atoms with E-state index in [-0.39, 0.29) is 6.61 Å². The maximum absolute atomic E-state index is 12.3. The van der Waals surface area contributed by atoms with Gasteiger partial charge in [-0.2, -0.15) is 0 Å². The van der Waals surface area contributed by atoms with Crippen molar-refractivity contribution >= 4 is 44.8 Å². The highest BCUT2D eigenvalue weighted by Gasteiger charge is 2.17. The largest absolute Gasteiger partial charge is 0.484 e. The van der Waals surface area contributed by atoms with Gasteiger partial charge in [0.1, 0.15) is 10.6 Å². The summed E-state index contributed by atoms with van der Waals surface area (Å²) in [5, 5.41) is 1.19. The number of benzene rings is 2. The summed E-state index contributed by atoms with van der Waals surface area (Å²) in [6.45, 7) is 4.01. The molecule has 1 heterocycles. The third-order valence-corrected chi connectivity index (χ3v) is 5.65. The summed E-state index contributed by atoms with van der Waals surface area (Å²) in [4.78, 5) is 24.5. The Labute approximate surface area is 166 Å². The van der Waals surface area contributed by atoms with E-state index >= 15 is 0 Å². The van der Waals surface area contributed by atoms with Gasteiger partial charge in [-0.1, -0.05) is 55.8 Å². The van der Waals surface area contributed by atoms with E-state index in [4.69, 9.17) is 16.3 Å². The first-order valence-corrected chi connectivity index (χ1v) is 9.64. The maximum atomic E-state index is 12.3. The van der Waals surface area contributed by atoms with Gasteiger partial charge in [-0.3, -0.25) is 20.4 Å². The molecule has 0 atom stereocenters. The molecule has 0 saturated heterocycles. The number of rotatable bonds is 5. The molecule has 0 fully saturated rings. The predicted molar refractivity (Wildman–Crippen MR) is 108 cm³/mol. The van der Waals surface area contributed by atoms with Crippen molar-refractivity contribution in [1.82, 2.24) is 10.9 Å². The summed E-state index contributed by atoms with van der Waals surface area (Å²) in [5.74, 6) is 0.0936. The second-order valence-electron chi connectivity index (χ2n) is 6.26. The Balaban J connectivity index is 1.52. The summed E-state index contributed by atoms with van der Waals surface area (Å²) < 4.78 is 6.33. The first-order chi connectivity index (χ1) is 13.0. The minimum Gasteiger partial charge on any atom is -0.484 e. The van der Waals surface area contributed by atoms with Crippen molar-refractivity contribution in [1.29, 1.82) is 0 Å². The SMILES string of the molecule is CC(C)c1ccc(OCC(=O)NNC(=O)c2sc3ccccc3c2Cl)cc1. The molecule has 0 aliphatic carbocycles. The summed E-state index contributed by atoms with van der Waals surface area (Å²) in [7, 11) is 0. The molecular weight excluding hydrogens is 384 g/mol. The Hall–Kier alpha value is -2.57. The molecule has 0 aliphatic heterocycles. The molecule has 2 aromatic carbocycles. The van der Waals surface area contributed by atoms with E-state index in [2.05, 4.69) is 24.7 Å². The third kappa shape index (κ3) is 4.59. The van der Waals surface area contributed by atoms with Crippen molar-refractivity contribution in [3.63, 3.8) is 0 Å². The average Bonchev–Trinajstić information content (AvgIpc) is 3.02. The lowest BCUT2D eigenvalue weighted by Crippen LogP contribution is -2.43. The van der Waals surface area contributed by atoms with Gasteiger partial charge in [0, 0.05) is 10.1 Å². The lowest BCUT2D eigenvalue weighted by Gasteiger charge is -2.10. The van der Waals surface area contributed by atoms with Crippen molar-refractivity contribution in [3.8, 4) is 5.75 Å². The number of ether oxygens (including phenoxy) is 1. The van der Waals surface area contributed by atoms with Gasteiger partial charge in [-0.15, -0.1) is 11.3 Å². The van der Waals surface area contributed by atoms with E-state index in [9.17, 15) is 9.59 Å². The number of halogens is 1. The summed E-state index contributed by atoms with van der Waals surface area (Å²) in [6.07, 6.45) is 0. The van der Waals surface area contributed by atoms with E-state index in [0.29, 0.717) is 21.6 Å². The summed E-state index contributed by atoms with van der Waals surface area (Å²) in [5.41, 5.74) is 5.90. The van der Waals surface area contributed by atoms with Crippen LogP contribution in [-0.2, 0) is 4.79 Å². The summed E-state index contributed by atoms with van der Waals surface area (Å²) in [6, 6.07) is 15.0. The van der Waals surface area contributed by atoms with Crippen LogP contribution >= 0.6 is 22.9 Å². The molecule has 0 unspecified atom stereocenters. The zero-order valence-corrected chi connectivity index (χ0v) is 16.5. The predicted octanol–water partition coefficient (Wildman–Crippen LogP) is 4.52. The average molecular weight is 403 g/mol. The number of carbonyl (C=O) groups excluding carboxylic acids is 2. The first-order valence-electron chi connectivity index (χ1n) is 8.44. The number of hydrazine groups is 1. The highest BCUT2D eigenvalue weighted by atomic mass is 35.5. The number of carbonyl (C=O) groups is 2. The van der Waals surface area contributed by atoms with Crippen LogP contribution < -0.4 is 15.6 Å². The van der Waals surface area contributed by atoms with Crippen LogP contribution in [-0.4, -0.2) is 18.4 Å². The lowest BCUT2D eigenvalue weighted by atomic mass is 10.0. The Bertz CT molecular complexity index is 967. The van der Waals surface area contributed by atoms with Crippen LogP contribution in [0.5, 0.6) is 5.75 Å². The zero-order chi connectivity index (χ0) is 19.4. The first kappa shape index (κ1) is 19.2. The van der Waals surface area contributed by atoms with Gasteiger partial charge < -0.3 is 4.74 Å². The third-order valence-electron chi connectivity index (χ3n) is 3.97. The quantitative estimate of drug-likeness (QED) is 0.616. The Morgan fingerprint density at radius 2 is 1.78 bits per heavy atom. The smallest absolute Gasteiger partial charge is 0.281 e. The molecule has 7 heteroatoms. The monoisotopic (exact) mass is 402 g/mol. The molecule has 140 valence electrons. The number of amides is 2. The second-order valence-corrected chi connectivity index (χ2v) is 7.69. The maximum Gasteiger partial charge on any atom is 0.281 e. The fourth-order valence-electron chi connectivity index (χ4n) is 2.48. The van der Waals surface area contributed by atoms with Crippen molar-refractivity contribution in [3.05, 3.63) is 64.0 Å². The molecule has 0 aliphatic rings. The number of hydrogen-bond acceptors (Lipinski definition) is 4. The van der Waals surface area contributed by atoms with Crippen LogP contribution in [0.2, 0.25) is 5.02 Å². The van der Waals surface area contributed by atoms with E-state index in [1.54, 1.807) is 0 Å². The number of fused-ring (bicyclic) bond motifs is 1. The Kier molecular flexibility index (Phi) is 5.98. The van der Waals surface area contributed by atoms with E-state index in [0.717, 1.165) is 10.1 Å². The van der Waals surface area contributed by atoms with Gasteiger partial charge in [0.2, 0.25) is 0 Å². The molecule has 5 nitrogen and oxygen atoms in total. The van der Waals surface area contributed by atoms with Crippen LogP contribution in [0.1, 0.15) is 35.0 Å². The Morgan fingerprint density at radius 3 is 2.44 bits per heavy atom. The van der Waals surface area contributed by atoms with E-state index < -0.39 is 11.8 Å². The fourth-order valence-corrected chi connectivity index (χ4v) is 3.89. The van der Waals surface area contributed by atoms with Gasteiger partial charge in [0.05, 0.1) is 5.02 Å². The van der Waals surface area contributed by atoms with Crippen LogP contribution in [0.15, 0.2) is 48.5 Å². The van der Waals surface area contributed by atoms with E-state index in [1.165, 1.54) is 16.9 Å². The van der Waals surface area contributed by atoms with Gasteiger partial charge >= 0.3 is 0 Å². The molecular formula is C20H19ClN2O3S. The fraction of sp³-hybridized carbons (Fsp3) is 0.200. The molecule has 3 aromatic rings. The molecule has 1 aromatic heterocycles.